The molecule has 0 aliphatic heterocycles. The second kappa shape index (κ2) is 25.3. The molecule has 0 spiro atoms. The monoisotopic (exact) mass is 844 g/mol. The Morgan fingerprint density at radius 1 is 0.676 bits per heavy atom. The van der Waals surface area contributed by atoms with Crippen LogP contribution < -0.4 is 6.14 Å². The summed E-state index contributed by atoms with van der Waals surface area (Å²) < 4.78 is 7.99. The second-order valence-electron chi connectivity index (χ2n) is 8.27. The van der Waals surface area contributed by atoms with Gasteiger partial charge in [0.15, 0.2) is 0 Å². The van der Waals surface area contributed by atoms with Crippen molar-refractivity contribution in [3.63, 3.8) is 0 Å². The Morgan fingerprint density at radius 3 is 1.44 bits per heavy atom. The SMILES string of the molecule is CCCCCCCCCCCCOC(=O)CCC(=O)O.[Hg][c]1ccccc1.[Hg][c]1ccccc1. The molecule has 1 N–H and O–H groups in total. The molecule has 0 radical (unpaired) electrons. The van der Waals surface area contributed by atoms with Crippen molar-refractivity contribution in [1.29, 1.82) is 0 Å². The van der Waals surface area contributed by atoms with E-state index in [-0.39, 0.29) is 12.8 Å². The summed E-state index contributed by atoms with van der Waals surface area (Å²) in [6.07, 6.45) is 12.3. The molecule has 180 valence electrons. The Hall–Kier alpha value is -0.750. The second-order valence-corrected chi connectivity index (χ2v) is 14.6. The van der Waals surface area contributed by atoms with Crippen LogP contribution in [0.15, 0.2) is 60.7 Å². The maximum atomic E-state index is 11.1. The molecule has 2 aromatic rings. The average molecular weight is 842 g/mol. The third-order valence-corrected chi connectivity index (χ3v) is 8.65. The van der Waals surface area contributed by atoms with Gasteiger partial charge in [-0.25, -0.2) is 0 Å². The predicted octanol–water partition coefficient (Wildman–Crippen LogP) is 6.03. The van der Waals surface area contributed by atoms with E-state index in [0.29, 0.717) is 6.61 Å². The van der Waals surface area contributed by atoms with Gasteiger partial charge in [-0.2, -0.15) is 0 Å². The van der Waals surface area contributed by atoms with Gasteiger partial charge in [0.25, 0.3) is 0 Å². The first-order chi connectivity index (χ1) is 16.5. The summed E-state index contributed by atoms with van der Waals surface area (Å²) in [6.45, 7) is 2.66. The third kappa shape index (κ3) is 25.9. The van der Waals surface area contributed by atoms with Crippen LogP contribution in [0.2, 0.25) is 0 Å². The van der Waals surface area contributed by atoms with Crippen molar-refractivity contribution >= 4 is 18.1 Å². The number of benzene rings is 2. The molecular formula is C28H40Hg2O4. The number of aliphatic carboxylic acids is 1. The van der Waals surface area contributed by atoms with Gasteiger partial charge >= 0.3 is 131 Å². The van der Waals surface area contributed by atoms with Crippen LogP contribution in [0.1, 0.15) is 84.0 Å². The Bertz CT molecular complexity index is 686. The maximum absolute atomic E-state index is 11.1. The summed E-state index contributed by atoms with van der Waals surface area (Å²) in [5, 5.41) is 8.41. The summed E-state index contributed by atoms with van der Waals surface area (Å²) in [5.74, 6) is -1.36. The fourth-order valence-electron chi connectivity index (χ4n) is 3.01. The molecule has 0 saturated carbocycles. The minimum absolute atomic E-state index is 0.0207. The Balaban J connectivity index is 0.000000619. The molecule has 0 amide bonds. The van der Waals surface area contributed by atoms with Gasteiger partial charge in [-0.05, 0) is 6.42 Å². The van der Waals surface area contributed by atoms with Crippen LogP contribution in [0.25, 0.3) is 0 Å². The Kier molecular flexibility index (Phi) is 24.8. The number of carbonyl (C=O) groups excluding carboxylic acids is 1. The fourth-order valence-corrected chi connectivity index (χ4v) is 5.13. The molecule has 0 unspecified atom stereocenters. The number of ether oxygens (including phenoxy) is 1. The minimum atomic E-state index is -0.958. The summed E-state index contributed by atoms with van der Waals surface area (Å²) in [4.78, 5) is 21.4. The summed E-state index contributed by atoms with van der Waals surface area (Å²) in [5.41, 5.74) is 0. The molecule has 2 aromatic carbocycles. The van der Waals surface area contributed by atoms with Gasteiger partial charge in [0, 0.05) is 0 Å². The topological polar surface area (TPSA) is 63.6 Å². The first kappa shape index (κ1) is 33.3. The zero-order chi connectivity index (χ0) is 25.3. The van der Waals surface area contributed by atoms with Gasteiger partial charge in [-0.1, -0.05) is 64.7 Å². The fraction of sp³-hybridized carbons (Fsp3) is 0.500. The number of esters is 1. The van der Waals surface area contributed by atoms with Crippen molar-refractivity contribution in [2.24, 2.45) is 0 Å². The molecule has 4 nitrogen and oxygen atoms in total. The van der Waals surface area contributed by atoms with Crippen LogP contribution in [0, 0.1) is 0 Å². The van der Waals surface area contributed by atoms with E-state index < -0.39 is 11.9 Å². The van der Waals surface area contributed by atoms with Gasteiger partial charge in [-0.15, -0.1) is 0 Å². The number of hydrogen-bond donors (Lipinski definition) is 1. The molecule has 2 rings (SSSR count). The van der Waals surface area contributed by atoms with E-state index in [1.165, 1.54) is 57.5 Å². The van der Waals surface area contributed by atoms with Gasteiger partial charge in [0.2, 0.25) is 0 Å². The van der Waals surface area contributed by atoms with Gasteiger partial charge in [0.1, 0.15) is 0 Å². The van der Waals surface area contributed by atoms with Crippen LogP contribution in [-0.4, -0.2) is 23.7 Å². The molecular weight excluding hydrogens is 801 g/mol. The Labute approximate surface area is 239 Å². The number of unbranched alkanes of at least 4 members (excludes halogenated alkanes) is 9. The molecule has 6 heteroatoms. The number of carboxylic acids is 1. The van der Waals surface area contributed by atoms with E-state index in [1.807, 2.05) is 0 Å². The van der Waals surface area contributed by atoms with Crippen LogP contribution >= 0.6 is 0 Å². The molecule has 0 bridgehead atoms. The summed E-state index contributed by atoms with van der Waals surface area (Å²) in [6, 6.07) is 21.1. The van der Waals surface area contributed by atoms with Crippen molar-refractivity contribution in [3.8, 4) is 0 Å². The zero-order valence-electron chi connectivity index (χ0n) is 21.1. The molecule has 0 saturated heterocycles. The van der Waals surface area contributed by atoms with Gasteiger partial charge in [-0.3, -0.25) is 9.59 Å². The average Bonchev–Trinajstić information content (AvgIpc) is 2.83. The van der Waals surface area contributed by atoms with E-state index in [1.54, 1.807) is 0 Å². The third-order valence-electron chi connectivity index (χ3n) is 4.99. The van der Waals surface area contributed by atoms with Crippen LogP contribution in [0.5, 0.6) is 0 Å². The van der Waals surface area contributed by atoms with Crippen molar-refractivity contribution in [3.05, 3.63) is 60.7 Å². The Morgan fingerprint density at radius 2 is 1.09 bits per heavy atom. The number of hydrogen-bond acceptors (Lipinski definition) is 3. The molecule has 0 aliphatic rings. The molecule has 0 heterocycles. The summed E-state index contributed by atoms with van der Waals surface area (Å²) >= 11 is 1.62. The molecule has 0 atom stereocenters. The van der Waals surface area contributed by atoms with E-state index in [2.05, 4.69) is 67.6 Å². The standard InChI is InChI=1S/C16H30O4.2C6H5.2Hg/c1-2-3-4-5-6-7-8-9-10-11-14-20-16(19)13-12-15(17)18;2*1-2-4-6-5-3-1;;/h2-14H2,1H3,(H,17,18);2*1-5H;;. The number of rotatable bonds is 14. The molecule has 0 aromatic heterocycles. The zero-order valence-corrected chi connectivity index (χ0v) is 32.0. The van der Waals surface area contributed by atoms with Crippen molar-refractivity contribution in [2.75, 3.05) is 6.61 Å². The first-order valence-electron chi connectivity index (χ1n) is 12.6. The molecule has 0 fully saturated rings. The number of carbonyl (C=O) groups is 2. The van der Waals surface area contributed by atoms with E-state index in [0.717, 1.165) is 65.1 Å². The van der Waals surface area contributed by atoms with Crippen molar-refractivity contribution < 1.29 is 71.7 Å². The number of carboxylic acid groups (broad SMARTS) is 1. The van der Waals surface area contributed by atoms with Gasteiger partial charge in [0.05, 0.1) is 19.4 Å². The molecule has 0 aliphatic carbocycles. The van der Waals surface area contributed by atoms with Crippen LogP contribution in [0.4, 0.5) is 0 Å². The van der Waals surface area contributed by atoms with Crippen molar-refractivity contribution in [2.45, 2.75) is 84.0 Å². The van der Waals surface area contributed by atoms with Crippen molar-refractivity contribution in [1.82, 2.24) is 0 Å². The van der Waals surface area contributed by atoms with E-state index >= 15 is 0 Å². The molecule has 34 heavy (non-hydrogen) atoms. The van der Waals surface area contributed by atoms with Gasteiger partial charge < -0.3 is 9.84 Å². The predicted molar refractivity (Wildman–Crippen MR) is 132 cm³/mol. The van der Waals surface area contributed by atoms with E-state index in [4.69, 9.17) is 9.84 Å². The van der Waals surface area contributed by atoms with Crippen LogP contribution in [0.3, 0.4) is 0 Å². The normalized spacial score (nSPS) is 9.79. The quantitative estimate of drug-likeness (QED) is 0.144. The first-order valence-corrected chi connectivity index (χ1v) is 18.1. The summed E-state index contributed by atoms with van der Waals surface area (Å²) in [7, 11) is 0. The van der Waals surface area contributed by atoms with Crippen LogP contribution in [-0.2, 0) is 66.6 Å². The van der Waals surface area contributed by atoms with E-state index in [9.17, 15) is 9.59 Å².